The van der Waals surface area contributed by atoms with Gasteiger partial charge in [-0.1, -0.05) is 58.4 Å². The maximum Gasteiger partial charge on any atom is 0.169 e. The molecule has 0 saturated carbocycles. The molecule has 0 amide bonds. The smallest absolute Gasteiger partial charge is 0.169 e. The zero-order valence-corrected chi connectivity index (χ0v) is 17.4. The van der Waals surface area contributed by atoms with Gasteiger partial charge in [-0.25, -0.2) is 8.78 Å². The van der Waals surface area contributed by atoms with E-state index in [0.29, 0.717) is 39.1 Å². The van der Waals surface area contributed by atoms with Crippen LogP contribution < -0.4 is 9.47 Å². The molecule has 4 rings (SSSR count). The van der Waals surface area contributed by atoms with Gasteiger partial charge in [0.05, 0.1) is 14.2 Å². The molecule has 0 radical (unpaired) electrons. The van der Waals surface area contributed by atoms with E-state index in [1.54, 1.807) is 48.5 Å². The Kier molecular flexibility index (Phi) is 5.24. The van der Waals surface area contributed by atoms with E-state index in [9.17, 15) is 4.39 Å². The van der Waals surface area contributed by atoms with Gasteiger partial charge in [-0.2, -0.15) is 0 Å². The van der Waals surface area contributed by atoms with Crippen molar-refractivity contribution in [2.75, 3.05) is 14.2 Å². The summed E-state index contributed by atoms with van der Waals surface area (Å²) >= 11 is 3.53. The summed E-state index contributed by atoms with van der Waals surface area (Å²) in [6.45, 7) is 0. The number of methoxy groups -OCH3 is 2. The monoisotopic (exact) mass is 454 g/mol. The van der Waals surface area contributed by atoms with Crippen LogP contribution in [0.25, 0.3) is 33.0 Å². The number of hydrogen-bond acceptors (Lipinski definition) is 2. The molecule has 0 spiro atoms. The number of ether oxygens (including phenoxy) is 2. The summed E-state index contributed by atoms with van der Waals surface area (Å²) in [7, 11) is 2.97. The van der Waals surface area contributed by atoms with Crippen LogP contribution in [-0.4, -0.2) is 14.2 Å². The first-order valence-corrected chi connectivity index (χ1v) is 9.73. The van der Waals surface area contributed by atoms with E-state index in [1.165, 1.54) is 20.3 Å². The van der Waals surface area contributed by atoms with Crippen molar-refractivity contribution in [1.29, 1.82) is 0 Å². The van der Waals surface area contributed by atoms with Gasteiger partial charge in [-0.05, 0) is 29.7 Å². The number of hydrogen-bond donors (Lipinski definition) is 0. The lowest BCUT2D eigenvalue weighted by molar-refractivity contribution is 0.357. The molecule has 0 fully saturated rings. The summed E-state index contributed by atoms with van der Waals surface area (Å²) in [5.74, 6) is -0.0452. The van der Waals surface area contributed by atoms with Crippen molar-refractivity contribution in [2.45, 2.75) is 0 Å². The summed E-state index contributed by atoms with van der Waals surface area (Å²) in [6.07, 6.45) is 0. The van der Waals surface area contributed by atoms with Crippen LogP contribution in [0.1, 0.15) is 0 Å². The second-order valence-electron chi connectivity index (χ2n) is 6.47. The molecule has 0 saturated heterocycles. The first kappa shape index (κ1) is 19.4. The Morgan fingerprint density at radius 1 is 0.655 bits per heavy atom. The van der Waals surface area contributed by atoms with Crippen molar-refractivity contribution in [3.8, 4) is 33.8 Å². The Morgan fingerprint density at radius 3 is 1.83 bits per heavy atom. The van der Waals surface area contributed by atoms with Gasteiger partial charge in [-0.3, -0.25) is 0 Å². The Bertz CT molecular complexity index is 1220. The van der Waals surface area contributed by atoms with E-state index >= 15 is 4.39 Å². The van der Waals surface area contributed by atoms with E-state index in [4.69, 9.17) is 9.47 Å². The number of fused-ring (bicyclic) bond motifs is 1. The molecule has 5 heteroatoms. The Balaban J connectivity index is 2.00. The highest BCUT2D eigenvalue weighted by atomic mass is 79.9. The summed E-state index contributed by atoms with van der Waals surface area (Å²) < 4.78 is 41.7. The molecule has 0 aliphatic rings. The van der Waals surface area contributed by atoms with Crippen molar-refractivity contribution in [2.24, 2.45) is 0 Å². The number of halogens is 3. The van der Waals surface area contributed by atoms with E-state index in [1.807, 2.05) is 12.1 Å². The highest BCUT2D eigenvalue weighted by Crippen LogP contribution is 2.47. The summed E-state index contributed by atoms with van der Waals surface area (Å²) in [6, 6.07) is 18.8. The fraction of sp³-hybridized carbons (Fsp3) is 0.0833. The van der Waals surface area contributed by atoms with Crippen LogP contribution >= 0.6 is 15.9 Å². The second-order valence-corrected chi connectivity index (χ2v) is 7.33. The van der Waals surface area contributed by atoms with E-state index < -0.39 is 0 Å². The molecule has 0 N–H and O–H groups in total. The predicted octanol–water partition coefficient (Wildman–Crippen LogP) is 7.23. The molecule has 0 aliphatic heterocycles. The Labute approximate surface area is 175 Å². The zero-order chi connectivity index (χ0) is 20.5. The Hall–Kier alpha value is -2.92. The molecule has 4 aromatic carbocycles. The van der Waals surface area contributed by atoms with Gasteiger partial charge in [0.15, 0.2) is 11.5 Å². The fourth-order valence-electron chi connectivity index (χ4n) is 3.56. The second kappa shape index (κ2) is 7.84. The third-order valence-corrected chi connectivity index (χ3v) is 5.56. The van der Waals surface area contributed by atoms with Crippen molar-refractivity contribution in [3.63, 3.8) is 0 Å². The molecule has 0 aliphatic carbocycles. The van der Waals surface area contributed by atoms with Crippen LogP contribution in [0.5, 0.6) is 11.5 Å². The van der Waals surface area contributed by atoms with Crippen LogP contribution in [-0.2, 0) is 0 Å². The molecular weight excluding hydrogens is 438 g/mol. The summed E-state index contributed by atoms with van der Waals surface area (Å²) in [5.41, 5.74) is 1.81. The average molecular weight is 455 g/mol. The Morgan fingerprint density at radius 2 is 1.21 bits per heavy atom. The third-order valence-electron chi connectivity index (χ3n) is 4.90. The van der Waals surface area contributed by atoms with Gasteiger partial charge in [-0.15, -0.1) is 0 Å². The largest absolute Gasteiger partial charge is 0.492 e. The number of rotatable bonds is 4. The zero-order valence-electron chi connectivity index (χ0n) is 15.8. The van der Waals surface area contributed by atoms with Gasteiger partial charge in [0, 0.05) is 32.1 Å². The van der Waals surface area contributed by atoms with E-state index in [2.05, 4.69) is 15.9 Å². The SMILES string of the molecule is COc1c(-c2ccccc2F)ccc(-c2cc(Br)c3ccccc3c2F)c1OC. The van der Waals surface area contributed by atoms with Gasteiger partial charge >= 0.3 is 0 Å². The predicted molar refractivity (Wildman–Crippen MR) is 116 cm³/mol. The molecule has 0 unspecified atom stereocenters. The highest BCUT2D eigenvalue weighted by Gasteiger charge is 2.22. The van der Waals surface area contributed by atoms with Crippen molar-refractivity contribution >= 4 is 26.7 Å². The standard InChI is InChI=1S/C24H17BrF2O2/c1-28-23-17(15-8-5-6-10-21(15)26)11-12-18(24(23)29-2)19-13-20(25)14-7-3-4-9-16(14)22(19)27/h3-13H,1-2H3. The fourth-order valence-corrected chi connectivity index (χ4v) is 4.14. The lowest BCUT2D eigenvalue weighted by atomic mass is 9.95. The average Bonchev–Trinajstić information content (AvgIpc) is 2.75. The number of benzene rings is 4. The quantitative estimate of drug-likeness (QED) is 0.323. The summed E-state index contributed by atoms with van der Waals surface area (Å²) in [4.78, 5) is 0. The molecule has 29 heavy (non-hydrogen) atoms. The molecule has 0 heterocycles. The van der Waals surface area contributed by atoms with Gasteiger partial charge in [0.1, 0.15) is 11.6 Å². The van der Waals surface area contributed by atoms with Crippen molar-refractivity contribution in [1.82, 2.24) is 0 Å². The van der Waals surface area contributed by atoms with E-state index in [-0.39, 0.29) is 11.6 Å². The molecule has 0 atom stereocenters. The highest BCUT2D eigenvalue weighted by molar-refractivity contribution is 9.10. The van der Waals surface area contributed by atoms with Gasteiger partial charge < -0.3 is 9.47 Å². The van der Waals surface area contributed by atoms with Crippen LogP contribution in [0.15, 0.2) is 71.2 Å². The lowest BCUT2D eigenvalue weighted by Gasteiger charge is -2.18. The molecule has 2 nitrogen and oxygen atoms in total. The topological polar surface area (TPSA) is 18.5 Å². The van der Waals surface area contributed by atoms with Crippen molar-refractivity contribution < 1.29 is 18.3 Å². The van der Waals surface area contributed by atoms with E-state index in [0.717, 1.165) is 9.86 Å². The van der Waals surface area contributed by atoms with Crippen molar-refractivity contribution in [3.05, 3.63) is 82.8 Å². The maximum absolute atomic E-state index is 15.4. The molecule has 0 bridgehead atoms. The molecular formula is C24H17BrF2O2. The minimum atomic E-state index is -0.375. The summed E-state index contributed by atoms with van der Waals surface area (Å²) in [5, 5.41) is 1.28. The lowest BCUT2D eigenvalue weighted by Crippen LogP contribution is -1.98. The van der Waals surface area contributed by atoms with Gasteiger partial charge in [0.2, 0.25) is 0 Å². The first-order valence-electron chi connectivity index (χ1n) is 8.93. The molecule has 0 aromatic heterocycles. The van der Waals surface area contributed by atoms with Crippen LogP contribution in [0, 0.1) is 11.6 Å². The van der Waals surface area contributed by atoms with Crippen LogP contribution in [0.3, 0.4) is 0 Å². The maximum atomic E-state index is 15.4. The minimum Gasteiger partial charge on any atom is -0.492 e. The normalized spacial score (nSPS) is 10.9. The molecule has 146 valence electrons. The van der Waals surface area contributed by atoms with Crippen LogP contribution in [0.4, 0.5) is 8.78 Å². The third kappa shape index (κ3) is 3.25. The molecule has 4 aromatic rings. The first-order chi connectivity index (χ1) is 14.1. The minimum absolute atomic E-state index is 0.342. The van der Waals surface area contributed by atoms with Crippen LogP contribution in [0.2, 0.25) is 0 Å². The van der Waals surface area contributed by atoms with Gasteiger partial charge in [0.25, 0.3) is 0 Å².